The van der Waals surface area contributed by atoms with E-state index in [2.05, 4.69) is 11.1 Å². The van der Waals surface area contributed by atoms with Crippen LogP contribution in [-0.4, -0.2) is 4.98 Å². The molecule has 1 aromatic rings. The van der Waals surface area contributed by atoms with E-state index in [1.165, 1.54) is 0 Å². The van der Waals surface area contributed by atoms with Crippen LogP contribution in [0.1, 0.15) is 0 Å². The molecule has 0 aliphatic rings. The van der Waals surface area contributed by atoms with Gasteiger partial charge in [-0.1, -0.05) is 12.4 Å². The molecule has 0 aromatic carbocycles. The van der Waals surface area contributed by atoms with Crippen molar-refractivity contribution in [3.63, 3.8) is 0 Å². The fourth-order valence-corrected chi connectivity index (χ4v) is 0.277. The van der Waals surface area contributed by atoms with E-state index in [0.29, 0.717) is 0 Å². The minimum absolute atomic E-state index is 0. The molecule has 0 bridgehead atoms. The third-order valence-electron chi connectivity index (χ3n) is 0.514. The van der Waals surface area contributed by atoms with Crippen LogP contribution in [-0.2, 0) is 17.3 Å². The maximum Gasteiger partial charge on any atom is -0.0857 e. The first-order valence-corrected chi connectivity index (χ1v) is 5.93. The minimum Gasteiger partial charge on any atom is -0.391 e. The molecular formula is C5H5BrClNZn. The smallest absolute Gasteiger partial charge is 0.0857 e. The third-order valence-corrected chi connectivity index (χ3v) is 0.514. The van der Waals surface area contributed by atoms with Crippen molar-refractivity contribution in [1.29, 1.82) is 0 Å². The predicted molar refractivity (Wildman–Crippen MR) is 39.2 cm³/mol. The van der Waals surface area contributed by atoms with Crippen LogP contribution >= 0.6 is 26.7 Å². The molecule has 1 nitrogen and oxygen atoms in total. The van der Waals surface area contributed by atoms with Crippen LogP contribution in [0.2, 0.25) is 0 Å². The average molecular weight is 260 g/mol. The molecule has 46 valence electrons. The van der Waals surface area contributed by atoms with Crippen LogP contribution < -0.4 is 0 Å². The van der Waals surface area contributed by atoms with Crippen molar-refractivity contribution in [2.24, 2.45) is 0 Å². The molecule has 0 radical (unpaired) electrons. The minimum atomic E-state index is 0. The van der Waals surface area contributed by atoms with Crippen molar-refractivity contribution < 1.29 is 17.3 Å². The summed E-state index contributed by atoms with van der Waals surface area (Å²) in [5.41, 5.74) is 0. The van der Waals surface area contributed by atoms with E-state index in [9.17, 15) is 0 Å². The summed E-state index contributed by atoms with van der Waals surface area (Å²) in [7, 11) is 4.76. The number of nitrogens with zero attached hydrogens (tertiary/aromatic N) is 1. The van der Waals surface area contributed by atoms with Crippen molar-refractivity contribution >= 4 is 26.7 Å². The zero-order valence-electron chi connectivity index (χ0n) is 4.75. The van der Waals surface area contributed by atoms with Crippen LogP contribution in [0.15, 0.2) is 24.5 Å². The normalized spacial score (nSPS) is 6.11. The predicted octanol–water partition coefficient (Wildman–Crippen LogP) is 2.15. The SMILES string of the molecule is Br.[Cl][Zn+].[c-]1ccncc1. The molecule has 0 spiro atoms. The number of rotatable bonds is 0. The number of hydrogen-bond acceptors (Lipinski definition) is 1. The summed E-state index contributed by atoms with van der Waals surface area (Å²) >= 11 is 0.847. The quantitative estimate of drug-likeness (QED) is 0.514. The fraction of sp³-hybridized carbons (Fsp3) is 0. The Morgan fingerprint density at radius 3 is 1.78 bits per heavy atom. The Morgan fingerprint density at radius 1 is 1.22 bits per heavy atom. The number of aromatic nitrogens is 1. The Morgan fingerprint density at radius 2 is 1.67 bits per heavy atom. The second-order valence-electron chi connectivity index (χ2n) is 0.947. The molecule has 1 aromatic heterocycles. The largest absolute Gasteiger partial charge is 0.391 e. The molecule has 4 heteroatoms. The summed E-state index contributed by atoms with van der Waals surface area (Å²) in [5.74, 6) is 0. The van der Waals surface area contributed by atoms with Gasteiger partial charge in [0.1, 0.15) is 0 Å². The van der Waals surface area contributed by atoms with Gasteiger partial charge in [0.2, 0.25) is 0 Å². The zero-order chi connectivity index (χ0) is 6.24. The van der Waals surface area contributed by atoms with E-state index < -0.39 is 0 Å². The van der Waals surface area contributed by atoms with Gasteiger partial charge in [0.05, 0.1) is 0 Å². The Kier molecular flexibility index (Phi) is 15.4. The van der Waals surface area contributed by atoms with Gasteiger partial charge in [-0.2, -0.15) is 18.2 Å². The van der Waals surface area contributed by atoms with E-state index in [4.69, 9.17) is 9.69 Å². The molecule has 1 rings (SSSR count). The Labute approximate surface area is 79.3 Å². The molecule has 0 N–H and O–H groups in total. The maximum absolute atomic E-state index is 4.76. The van der Waals surface area contributed by atoms with E-state index in [-0.39, 0.29) is 17.0 Å². The molecule has 9 heavy (non-hydrogen) atoms. The number of hydrogen-bond donors (Lipinski definition) is 0. The van der Waals surface area contributed by atoms with Crippen molar-refractivity contribution in [2.45, 2.75) is 0 Å². The first kappa shape index (κ1) is 12.2. The van der Waals surface area contributed by atoms with Gasteiger partial charge >= 0.3 is 27.0 Å². The van der Waals surface area contributed by atoms with Gasteiger partial charge in [0, 0.05) is 0 Å². The third kappa shape index (κ3) is 8.54. The number of pyridine rings is 1. The zero-order valence-corrected chi connectivity index (χ0v) is 10.2. The first-order valence-electron chi connectivity index (χ1n) is 2.03. The van der Waals surface area contributed by atoms with Gasteiger partial charge in [-0.15, -0.1) is 17.0 Å². The Hall–Kier alpha value is 0.543. The standard InChI is InChI=1S/C5H4N.BrH.ClH.Zn/c1-2-4-6-5-3-1;;;/h2-5H;2*1H;/q-1;;;+2/p-1. The van der Waals surface area contributed by atoms with E-state index in [0.717, 1.165) is 17.3 Å². The fourth-order valence-electron chi connectivity index (χ4n) is 0.277. The molecule has 1 heterocycles. The summed E-state index contributed by atoms with van der Waals surface area (Å²) < 4.78 is 0. The summed E-state index contributed by atoms with van der Waals surface area (Å²) in [5, 5.41) is 0. The molecule has 0 amide bonds. The molecule has 0 atom stereocenters. The molecule has 0 aliphatic carbocycles. The number of halogens is 2. The second kappa shape index (κ2) is 11.4. The van der Waals surface area contributed by atoms with Gasteiger partial charge in [-0.3, -0.25) is 0 Å². The van der Waals surface area contributed by atoms with Crippen LogP contribution in [0.4, 0.5) is 0 Å². The average Bonchev–Trinajstić information content (AvgIpc) is 1.96. The first-order chi connectivity index (χ1) is 4.00. The van der Waals surface area contributed by atoms with Gasteiger partial charge in [0.15, 0.2) is 0 Å². The topological polar surface area (TPSA) is 12.9 Å². The molecule has 0 fully saturated rings. The van der Waals surface area contributed by atoms with Crippen molar-refractivity contribution in [1.82, 2.24) is 4.98 Å². The van der Waals surface area contributed by atoms with Gasteiger partial charge < -0.3 is 4.98 Å². The second-order valence-corrected chi connectivity index (χ2v) is 0.947. The molecular weight excluding hydrogens is 255 g/mol. The molecule has 0 aliphatic heterocycles. The van der Waals surface area contributed by atoms with Gasteiger partial charge in [-0.05, 0) is 0 Å². The van der Waals surface area contributed by atoms with E-state index >= 15 is 0 Å². The summed E-state index contributed by atoms with van der Waals surface area (Å²) in [6.07, 6.45) is 3.39. The maximum atomic E-state index is 4.76. The van der Waals surface area contributed by atoms with Crippen LogP contribution in [0, 0.1) is 6.07 Å². The van der Waals surface area contributed by atoms with Crippen LogP contribution in [0.5, 0.6) is 0 Å². The summed E-state index contributed by atoms with van der Waals surface area (Å²) in [6, 6.07) is 6.36. The van der Waals surface area contributed by atoms with E-state index in [1.807, 2.05) is 0 Å². The van der Waals surface area contributed by atoms with Crippen molar-refractivity contribution in [2.75, 3.05) is 0 Å². The van der Waals surface area contributed by atoms with Crippen molar-refractivity contribution in [3.8, 4) is 0 Å². The van der Waals surface area contributed by atoms with Gasteiger partial charge in [-0.25, -0.2) is 0 Å². The van der Waals surface area contributed by atoms with Crippen LogP contribution in [0.25, 0.3) is 0 Å². The molecule has 0 saturated carbocycles. The summed E-state index contributed by atoms with van der Waals surface area (Å²) in [4.78, 5) is 3.75. The Bertz CT molecular complexity index is 88.9. The molecule has 0 unspecified atom stereocenters. The van der Waals surface area contributed by atoms with Crippen LogP contribution in [0.3, 0.4) is 0 Å². The van der Waals surface area contributed by atoms with E-state index in [1.54, 1.807) is 24.5 Å². The van der Waals surface area contributed by atoms with Gasteiger partial charge in [0.25, 0.3) is 0 Å². The Balaban J connectivity index is 0. The monoisotopic (exact) mass is 257 g/mol. The van der Waals surface area contributed by atoms with Crippen molar-refractivity contribution in [3.05, 3.63) is 30.6 Å². The summed E-state index contributed by atoms with van der Waals surface area (Å²) in [6.45, 7) is 0. The molecule has 0 saturated heterocycles.